The first-order valence-corrected chi connectivity index (χ1v) is 12.3. The van der Waals surface area contributed by atoms with Crippen LogP contribution in [0, 0.1) is 0 Å². The van der Waals surface area contributed by atoms with E-state index in [1.54, 1.807) is 37.1 Å². The van der Waals surface area contributed by atoms with Gasteiger partial charge in [-0.1, -0.05) is 37.3 Å². The molecule has 0 atom stereocenters. The summed E-state index contributed by atoms with van der Waals surface area (Å²) in [4.78, 5) is 21.1. The molecule has 0 aliphatic heterocycles. The standard InChI is InChI=1S/C25H26N2O4S2/c1-16(2)32-19-9-7-17(8-10-19)14-22(28)27(15-18-6-5-13-31-18)25-26-23-20(29-3)11-12-21(30-4)24(23)33-25/h5-13,16H,14-15H2,1-4H3. The van der Waals surface area contributed by atoms with Gasteiger partial charge in [0.1, 0.15) is 27.5 Å². The number of carbonyl (C=O) groups is 1. The summed E-state index contributed by atoms with van der Waals surface area (Å²) in [6, 6.07) is 15.5. The molecule has 0 radical (unpaired) electrons. The van der Waals surface area contributed by atoms with E-state index in [4.69, 9.17) is 18.9 Å². The fourth-order valence-electron chi connectivity index (χ4n) is 3.44. The van der Waals surface area contributed by atoms with Gasteiger partial charge in [-0.15, -0.1) is 11.8 Å². The molecule has 0 N–H and O–H groups in total. The Morgan fingerprint density at radius 3 is 2.45 bits per heavy atom. The number of aromatic nitrogens is 1. The van der Waals surface area contributed by atoms with Crippen molar-refractivity contribution in [3.63, 3.8) is 0 Å². The van der Waals surface area contributed by atoms with Crippen molar-refractivity contribution in [2.24, 2.45) is 0 Å². The van der Waals surface area contributed by atoms with Gasteiger partial charge in [-0.3, -0.25) is 9.69 Å². The van der Waals surface area contributed by atoms with Crippen molar-refractivity contribution in [2.45, 2.75) is 37.0 Å². The number of thioether (sulfide) groups is 1. The molecule has 4 aromatic rings. The molecule has 0 bridgehead atoms. The van der Waals surface area contributed by atoms with E-state index in [9.17, 15) is 4.79 Å². The SMILES string of the molecule is COc1ccc(OC)c2sc(N(Cc3ccco3)C(=O)Cc3ccc(SC(C)C)cc3)nc12. The minimum atomic E-state index is -0.0624. The number of anilines is 1. The molecule has 1 amide bonds. The number of ether oxygens (including phenoxy) is 2. The van der Waals surface area contributed by atoms with Gasteiger partial charge in [0.05, 0.1) is 33.4 Å². The van der Waals surface area contributed by atoms with Crippen LogP contribution in [0.1, 0.15) is 25.2 Å². The summed E-state index contributed by atoms with van der Waals surface area (Å²) in [7, 11) is 3.22. The predicted molar refractivity (Wildman–Crippen MR) is 134 cm³/mol. The molecule has 2 aromatic carbocycles. The zero-order valence-electron chi connectivity index (χ0n) is 19.0. The van der Waals surface area contributed by atoms with Gasteiger partial charge in [-0.05, 0) is 42.0 Å². The van der Waals surface area contributed by atoms with Crippen molar-refractivity contribution in [3.8, 4) is 11.5 Å². The van der Waals surface area contributed by atoms with E-state index < -0.39 is 0 Å². The molecule has 0 unspecified atom stereocenters. The highest BCUT2D eigenvalue weighted by atomic mass is 32.2. The van der Waals surface area contributed by atoms with Gasteiger partial charge in [0.2, 0.25) is 5.91 Å². The zero-order valence-corrected chi connectivity index (χ0v) is 20.7. The third-order valence-electron chi connectivity index (χ3n) is 4.98. The van der Waals surface area contributed by atoms with Crippen molar-refractivity contribution in [3.05, 3.63) is 66.1 Å². The van der Waals surface area contributed by atoms with Crippen LogP contribution in [-0.2, 0) is 17.8 Å². The molecule has 0 saturated heterocycles. The second kappa shape index (κ2) is 10.3. The van der Waals surface area contributed by atoms with Gasteiger partial charge < -0.3 is 13.9 Å². The summed E-state index contributed by atoms with van der Waals surface area (Å²) in [5.41, 5.74) is 1.62. The molecular formula is C25H26N2O4S2. The number of amides is 1. The Bertz CT molecular complexity index is 1180. The summed E-state index contributed by atoms with van der Waals surface area (Å²) >= 11 is 3.20. The lowest BCUT2D eigenvalue weighted by molar-refractivity contribution is -0.118. The Balaban J connectivity index is 1.66. The lowest BCUT2D eigenvalue weighted by Gasteiger charge is -2.19. The number of hydrogen-bond acceptors (Lipinski definition) is 7. The van der Waals surface area contributed by atoms with Gasteiger partial charge >= 0.3 is 0 Å². The van der Waals surface area contributed by atoms with Crippen molar-refractivity contribution in [1.29, 1.82) is 0 Å². The lowest BCUT2D eigenvalue weighted by Crippen LogP contribution is -2.31. The third-order valence-corrected chi connectivity index (χ3v) is 7.08. The van der Waals surface area contributed by atoms with Crippen molar-refractivity contribution in [2.75, 3.05) is 19.1 Å². The summed E-state index contributed by atoms with van der Waals surface area (Å²) < 4.78 is 17.4. The number of carbonyl (C=O) groups excluding carboxylic acids is 1. The Kier molecular flexibility index (Phi) is 7.25. The zero-order chi connectivity index (χ0) is 23.4. The second-order valence-corrected chi connectivity index (χ2v) is 10.3. The van der Waals surface area contributed by atoms with Gasteiger partial charge in [-0.25, -0.2) is 4.98 Å². The van der Waals surface area contributed by atoms with Crippen LogP contribution in [0.2, 0.25) is 0 Å². The van der Waals surface area contributed by atoms with Crippen molar-refractivity contribution in [1.82, 2.24) is 4.98 Å². The minimum absolute atomic E-state index is 0.0624. The maximum Gasteiger partial charge on any atom is 0.233 e. The quantitative estimate of drug-likeness (QED) is 0.265. The highest BCUT2D eigenvalue weighted by molar-refractivity contribution is 7.99. The molecule has 33 heavy (non-hydrogen) atoms. The van der Waals surface area contributed by atoms with Crippen LogP contribution in [0.15, 0.2) is 64.1 Å². The molecule has 2 aromatic heterocycles. The monoisotopic (exact) mass is 482 g/mol. The van der Waals surface area contributed by atoms with Crippen LogP contribution in [0.3, 0.4) is 0 Å². The lowest BCUT2D eigenvalue weighted by atomic mass is 10.1. The van der Waals surface area contributed by atoms with Crippen LogP contribution in [-0.4, -0.2) is 30.4 Å². The Labute approximate surface area is 201 Å². The summed E-state index contributed by atoms with van der Waals surface area (Å²) in [5.74, 6) is 1.95. The molecule has 0 aliphatic carbocycles. The Morgan fingerprint density at radius 2 is 1.82 bits per heavy atom. The van der Waals surface area contributed by atoms with Crippen LogP contribution in [0.4, 0.5) is 5.13 Å². The Hall–Kier alpha value is -2.97. The number of thiazole rings is 1. The van der Waals surface area contributed by atoms with E-state index in [1.807, 2.05) is 36.4 Å². The first-order chi connectivity index (χ1) is 16.0. The largest absolute Gasteiger partial charge is 0.495 e. The van der Waals surface area contributed by atoms with Crippen molar-refractivity contribution < 1.29 is 18.7 Å². The maximum atomic E-state index is 13.5. The maximum absolute atomic E-state index is 13.5. The van der Waals surface area contributed by atoms with E-state index in [1.165, 1.54) is 16.2 Å². The van der Waals surface area contributed by atoms with E-state index in [0.717, 1.165) is 10.3 Å². The van der Waals surface area contributed by atoms with Crippen LogP contribution < -0.4 is 14.4 Å². The number of hydrogen-bond donors (Lipinski definition) is 0. The Morgan fingerprint density at radius 1 is 1.09 bits per heavy atom. The topological polar surface area (TPSA) is 64.8 Å². The van der Waals surface area contributed by atoms with Gasteiger partial charge in [-0.2, -0.15) is 0 Å². The van der Waals surface area contributed by atoms with E-state index in [2.05, 4.69) is 26.0 Å². The molecule has 0 fully saturated rings. The highest BCUT2D eigenvalue weighted by Gasteiger charge is 2.24. The molecule has 0 aliphatic rings. The number of fused-ring (bicyclic) bond motifs is 1. The molecule has 2 heterocycles. The highest BCUT2D eigenvalue weighted by Crippen LogP contribution is 2.40. The number of nitrogens with zero attached hydrogens (tertiary/aromatic N) is 2. The van der Waals surface area contributed by atoms with E-state index >= 15 is 0 Å². The van der Waals surface area contributed by atoms with Gasteiger partial charge in [0.15, 0.2) is 5.13 Å². The van der Waals surface area contributed by atoms with Crippen LogP contribution in [0.25, 0.3) is 10.2 Å². The number of rotatable bonds is 9. The summed E-state index contributed by atoms with van der Waals surface area (Å²) in [6.45, 7) is 4.62. The molecule has 0 spiro atoms. The molecular weight excluding hydrogens is 456 g/mol. The average molecular weight is 483 g/mol. The molecule has 4 rings (SSSR count). The van der Waals surface area contributed by atoms with Crippen molar-refractivity contribution >= 4 is 44.4 Å². The number of benzene rings is 2. The van der Waals surface area contributed by atoms with Gasteiger partial charge in [0, 0.05) is 10.1 Å². The van der Waals surface area contributed by atoms with Crippen LogP contribution >= 0.6 is 23.1 Å². The van der Waals surface area contributed by atoms with E-state index in [-0.39, 0.29) is 18.9 Å². The molecule has 0 saturated carbocycles. The first-order valence-electron chi connectivity index (χ1n) is 10.6. The normalized spacial score (nSPS) is 11.2. The fraction of sp³-hybridized carbons (Fsp3) is 0.280. The van der Waals surface area contributed by atoms with Gasteiger partial charge in [0.25, 0.3) is 0 Å². The summed E-state index contributed by atoms with van der Waals surface area (Å²) in [6.07, 6.45) is 1.87. The molecule has 172 valence electrons. The third kappa shape index (κ3) is 5.34. The smallest absolute Gasteiger partial charge is 0.233 e. The first kappa shape index (κ1) is 23.2. The predicted octanol–water partition coefficient (Wildman–Crippen LogP) is 6.18. The minimum Gasteiger partial charge on any atom is -0.495 e. The number of furan rings is 1. The van der Waals surface area contributed by atoms with E-state index in [0.29, 0.717) is 33.2 Å². The summed E-state index contributed by atoms with van der Waals surface area (Å²) in [5, 5.41) is 1.08. The molecule has 8 heteroatoms. The molecule has 6 nitrogen and oxygen atoms in total. The number of methoxy groups -OCH3 is 2. The average Bonchev–Trinajstić information content (AvgIpc) is 3.47. The fourth-order valence-corrected chi connectivity index (χ4v) is 5.37. The second-order valence-electron chi connectivity index (χ2n) is 7.69. The van der Waals surface area contributed by atoms with Crippen LogP contribution in [0.5, 0.6) is 11.5 Å².